The average molecular weight is 292 g/mol. The Morgan fingerprint density at radius 1 is 1.38 bits per heavy atom. The number of carboxylic acids is 1. The van der Waals surface area contributed by atoms with E-state index in [-0.39, 0.29) is 12.5 Å². The van der Waals surface area contributed by atoms with Crippen molar-refractivity contribution in [3.8, 4) is 0 Å². The smallest absolute Gasteiger partial charge is 0.319 e. The number of aliphatic carboxylic acids is 1. The van der Waals surface area contributed by atoms with Crippen LogP contribution in [0.15, 0.2) is 36.4 Å². The first kappa shape index (κ1) is 16.7. The molecule has 6 heteroatoms. The fraction of sp³-hybridized carbons (Fsp3) is 0.333. The molecule has 0 aromatic heterocycles. The van der Waals surface area contributed by atoms with E-state index in [1.165, 1.54) is 0 Å². The molecule has 0 unspecified atom stereocenters. The first-order valence-electron chi connectivity index (χ1n) is 6.55. The summed E-state index contributed by atoms with van der Waals surface area (Å²) in [6.45, 7) is 6.83. The van der Waals surface area contributed by atoms with Gasteiger partial charge in [0.25, 0.3) is 0 Å². The Balaban J connectivity index is 2.34. The topological polar surface area (TPSA) is 87.7 Å². The predicted molar refractivity (Wildman–Crippen MR) is 80.4 cm³/mol. The first-order chi connectivity index (χ1) is 9.97. The average Bonchev–Trinajstić information content (AvgIpc) is 2.37. The van der Waals surface area contributed by atoms with Gasteiger partial charge in [0.1, 0.15) is 0 Å². The van der Waals surface area contributed by atoms with Crippen LogP contribution in [-0.4, -0.2) is 36.9 Å². The second-order valence-corrected chi connectivity index (χ2v) is 4.66. The Labute approximate surface area is 123 Å². The van der Waals surface area contributed by atoms with E-state index in [1.807, 2.05) is 6.92 Å². The fourth-order valence-electron chi connectivity index (χ4n) is 1.59. The van der Waals surface area contributed by atoms with E-state index >= 15 is 0 Å². The largest absolute Gasteiger partial charge is 0.481 e. The highest BCUT2D eigenvalue weighted by atomic mass is 16.5. The van der Waals surface area contributed by atoms with Crippen LogP contribution in [0.1, 0.15) is 12.5 Å². The molecule has 1 aromatic carbocycles. The van der Waals surface area contributed by atoms with E-state index in [0.29, 0.717) is 31.0 Å². The lowest BCUT2D eigenvalue weighted by molar-refractivity contribution is -0.136. The van der Waals surface area contributed by atoms with Crippen molar-refractivity contribution in [2.24, 2.45) is 0 Å². The van der Waals surface area contributed by atoms with Crippen LogP contribution in [0.25, 0.3) is 0 Å². The minimum absolute atomic E-state index is 0.0775. The minimum Gasteiger partial charge on any atom is -0.481 e. The molecule has 0 saturated carbocycles. The second kappa shape index (κ2) is 8.76. The van der Waals surface area contributed by atoms with Crippen molar-refractivity contribution in [3.05, 3.63) is 42.0 Å². The van der Waals surface area contributed by atoms with Crippen LogP contribution in [0.5, 0.6) is 0 Å². The minimum atomic E-state index is -0.911. The van der Waals surface area contributed by atoms with Crippen LogP contribution >= 0.6 is 0 Å². The van der Waals surface area contributed by atoms with Crippen molar-refractivity contribution in [2.45, 2.75) is 13.3 Å². The zero-order chi connectivity index (χ0) is 15.7. The number of urea groups is 1. The number of hydrogen-bond acceptors (Lipinski definition) is 3. The Kier molecular flexibility index (Phi) is 6.97. The molecule has 3 N–H and O–H groups in total. The molecule has 0 aliphatic heterocycles. The number of benzene rings is 1. The lowest BCUT2D eigenvalue weighted by Crippen LogP contribution is -2.31. The number of amides is 2. The molecule has 0 heterocycles. The van der Waals surface area contributed by atoms with E-state index in [2.05, 4.69) is 17.2 Å². The first-order valence-corrected chi connectivity index (χ1v) is 6.55. The van der Waals surface area contributed by atoms with Gasteiger partial charge in [-0.05, 0) is 24.6 Å². The van der Waals surface area contributed by atoms with Gasteiger partial charge in [0.05, 0.1) is 19.6 Å². The summed E-state index contributed by atoms with van der Waals surface area (Å²) in [6, 6.07) is 6.36. The van der Waals surface area contributed by atoms with Gasteiger partial charge >= 0.3 is 12.0 Å². The maximum atomic E-state index is 11.6. The van der Waals surface area contributed by atoms with E-state index < -0.39 is 5.97 Å². The second-order valence-electron chi connectivity index (χ2n) is 4.66. The molecule has 0 fully saturated rings. The predicted octanol–water partition coefficient (Wildman–Crippen LogP) is 2.03. The van der Waals surface area contributed by atoms with Crippen molar-refractivity contribution >= 4 is 17.7 Å². The van der Waals surface area contributed by atoms with Crippen LogP contribution < -0.4 is 10.6 Å². The quantitative estimate of drug-likeness (QED) is 0.505. The van der Waals surface area contributed by atoms with Crippen LogP contribution in [-0.2, 0) is 16.0 Å². The number of carbonyl (C=O) groups excluding carboxylic acids is 1. The van der Waals surface area contributed by atoms with Gasteiger partial charge in [0, 0.05) is 12.2 Å². The third-order valence-corrected chi connectivity index (χ3v) is 2.42. The van der Waals surface area contributed by atoms with Crippen molar-refractivity contribution < 1.29 is 19.4 Å². The molecule has 6 nitrogen and oxygen atoms in total. The maximum Gasteiger partial charge on any atom is 0.319 e. The standard InChI is InChI=1S/C15H20N2O4/c1-11(2)10-21-7-6-16-15(20)17-13-5-3-4-12(8-13)9-14(18)19/h3-5,8H,1,6-7,9-10H2,2H3,(H,18,19)(H2,16,17,20). The highest BCUT2D eigenvalue weighted by Crippen LogP contribution is 2.11. The molecule has 0 bridgehead atoms. The van der Waals surface area contributed by atoms with Crippen molar-refractivity contribution in [2.75, 3.05) is 25.1 Å². The summed E-state index contributed by atoms with van der Waals surface area (Å²) in [4.78, 5) is 22.3. The van der Waals surface area contributed by atoms with Gasteiger partial charge in [-0.2, -0.15) is 0 Å². The van der Waals surface area contributed by atoms with E-state index in [1.54, 1.807) is 24.3 Å². The molecule has 21 heavy (non-hydrogen) atoms. The zero-order valence-electron chi connectivity index (χ0n) is 12.0. The summed E-state index contributed by atoms with van der Waals surface area (Å²) < 4.78 is 5.25. The van der Waals surface area contributed by atoms with Crippen molar-refractivity contribution in [1.29, 1.82) is 0 Å². The number of ether oxygens (including phenoxy) is 1. The molecule has 0 spiro atoms. The third kappa shape index (κ3) is 7.74. The Morgan fingerprint density at radius 3 is 2.81 bits per heavy atom. The van der Waals surface area contributed by atoms with Crippen LogP contribution in [0.3, 0.4) is 0 Å². The van der Waals surface area contributed by atoms with Gasteiger partial charge in [-0.15, -0.1) is 0 Å². The van der Waals surface area contributed by atoms with Gasteiger partial charge < -0.3 is 20.5 Å². The Morgan fingerprint density at radius 2 is 2.14 bits per heavy atom. The molecular formula is C15H20N2O4. The van der Waals surface area contributed by atoms with Gasteiger partial charge in [-0.25, -0.2) is 4.79 Å². The normalized spacial score (nSPS) is 9.95. The number of rotatable bonds is 8. The van der Waals surface area contributed by atoms with Crippen LogP contribution in [0.4, 0.5) is 10.5 Å². The van der Waals surface area contributed by atoms with Crippen LogP contribution in [0.2, 0.25) is 0 Å². The van der Waals surface area contributed by atoms with Gasteiger partial charge in [-0.1, -0.05) is 24.3 Å². The summed E-state index contributed by atoms with van der Waals surface area (Å²) in [6.07, 6.45) is -0.0775. The number of carbonyl (C=O) groups is 2. The fourth-order valence-corrected chi connectivity index (χ4v) is 1.59. The maximum absolute atomic E-state index is 11.6. The molecule has 114 valence electrons. The van der Waals surface area contributed by atoms with Crippen molar-refractivity contribution in [1.82, 2.24) is 5.32 Å². The van der Waals surface area contributed by atoms with Gasteiger partial charge in [0.2, 0.25) is 0 Å². The molecule has 0 saturated heterocycles. The summed E-state index contributed by atoms with van der Waals surface area (Å²) in [5.74, 6) is -0.911. The van der Waals surface area contributed by atoms with Crippen LogP contribution in [0, 0.1) is 0 Å². The molecule has 1 aromatic rings. The lowest BCUT2D eigenvalue weighted by Gasteiger charge is -2.09. The molecule has 0 atom stereocenters. The highest BCUT2D eigenvalue weighted by molar-refractivity contribution is 5.89. The number of nitrogens with one attached hydrogen (secondary N) is 2. The Bertz CT molecular complexity index is 514. The monoisotopic (exact) mass is 292 g/mol. The molecule has 0 radical (unpaired) electrons. The highest BCUT2D eigenvalue weighted by Gasteiger charge is 2.04. The van der Waals surface area contributed by atoms with Crippen molar-refractivity contribution in [3.63, 3.8) is 0 Å². The summed E-state index contributed by atoms with van der Waals surface area (Å²) in [7, 11) is 0. The SMILES string of the molecule is C=C(C)COCCNC(=O)Nc1cccc(CC(=O)O)c1. The van der Waals surface area contributed by atoms with Gasteiger partial charge in [-0.3, -0.25) is 4.79 Å². The molecule has 2 amide bonds. The summed E-state index contributed by atoms with van der Waals surface area (Å²) in [5.41, 5.74) is 2.11. The molecular weight excluding hydrogens is 272 g/mol. The number of anilines is 1. The number of carboxylic acid groups (broad SMARTS) is 1. The van der Waals surface area contributed by atoms with E-state index in [0.717, 1.165) is 5.57 Å². The van der Waals surface area contributed by atoms with E-state index in [4.69, 9.17) is 9.84 Å². The lowest BCUT2D eigenvalue weighted by atomic mass is 10.1. The van der Waals surface area contributed by atoms with Gasteiger partial charge in [0.15, 0.2) is 0 Å². The summed E-state index contributed by atoms with van der Waals surface area (Å²) in [5, 5.41) is 14.0. The summed E-state index contributed by atoms with van der Waals surface area (Å²) >= 11 is 0. The molecule has 1 rings (SSSR count). The Hall–Kier alpha value is -2.34. The third-order valence-electron chi connectivity index (χ3n) is 2.42. The molecule has 0 aliphatic carbocycles. The zero-order valence-corrected chi connectivity index (χ0v) is 12.0. The van der Waals surface area contributed by atoms with E-state index in [9.17, 15) is 9.59 Å². The number of hydrogen-bond donors (Lipinski definition) is 3. The molecule has 0 aliphatic rings.